The lowest BCUT2D eigenvalue weighted by Gasteiger charge is -2.14. The van der Waals surface area contributed by atoms with Crippen molar-refractivity contribution in [3.05, 3.63) is 75.9 Å². The molecule has 4 aromatic rings. The molecule has 4 N–H and O–H groups in total. The van der Waals surface area contributed by atoms with Crippen LogP contribution < -0.4 is 16.0 Å². The van der Waals surface area contributed by atoms with Crippen LogP contribution in [-0.4, -0.2) is 32.9 Å². The van der Waals surface area contributed by atoms with Crippen LogP contribution in [0, 0.1) is 6.92 Å². The molecule has 2 heterocycles. The minimum atomic E-state index is -4.69. The average Bonchev–Trinajstić information content (AvgIpc) is 3.59. The number of fused-ring (bicyclic) bond motifs is 1. The van der Waals surface area contributed by atoms with E-state index in [1.165, 1.54) is 35.9 Å². The first-order chi connectivity index (χ1) is 18.1. The molecule has 0 radical (unpaired) electrons. The molecule has 8 nitrogen and oxygen atoms in total. The van der Waals surface area contributed by atoms with E-state index in [4.69, 9.17) is 0 Å². The predicted molar refractivity (Wildman–Crippen MR) is 139 cm³/mol. The number of thiophene rings is 1. The molecule has 2 aromatic carbocycles. The normalized spacial score (nSPS) is 13.4. The summed E-state index contributed by atoms with van der Waals surface area (Å²) < 4.78 is 40.7. The first-order valence-electron chi connectivity index (χ1n) is 11.7. The number of aromatic nitrogens is 2. The van der Waals surface area contributed by atoms with Crippen LogP contribution in [0.2, 0.25) is 0 Å². The highest BCUT2D eigenvalue weighted by molar-refractivity contribution is 7.18. The number of benzene rings is 2. The molecule has 5 rings (SSSR count). The molecule has 1 aliphatic rings. The van der Waals surface area contributed by atoms with Crippen LogP contribution in [0.5, 0.6) is 0 Å². The van der Waals surface area contributed by atoms with Crippen LogP contribution in [-0.2, 0) is 12.8 Å². The number of amides is 2. The van der Waals surface area contributed by atoms with E-state index in [0.29, 0.717) is 34.2 Å². The third-order valence-corrected chi connectivity index (χ3v) is 7.08. The second kappa shape index (κ2) is 10.0. The van der Waals surface area contributed by atoms with Gasteiger partial charge in [0.1, 0.15) is 12.1 Å². The topological polar surface area (TPSA) is 116 Å². The first-order valence-corrected chi connectivity index (χ1v) is 12.5. The van der Waals surface area contributed by atoms with Gasteiger partial charge >= 0.3 is 6.18 Å². The quantitative estimate of drug-likeness (QED) is 0.242. The molecule has 2 amide bonds. The highest BCUT2D eigenvalue weighted by Gasteiger charge is 2.33. The third kappa shape index (κ3) is 5.31. The number of aliphatic hydroxyl groups excluding tert-OH is 1. The standard InChI is InChI=1S/C26H22F3N5O3S/c1-13-2-3-14(24(36)33-17-5-4-15(10-35)19(9-17)26(27,28)29)8-20(13)34-25(37)18-11-38-22-21(18)30-12-31-23(22)32-16-6-7-16/h2-5,8-9,11-12,16,35H,6-7,10H2,1H3,(H,33,36)(H,34,37)(H,30,31,32). The Morgan fingerprint density at radius 2 is 1.87 bits per heavy atom. The molecule has 0 aliphatic heterocycles. The second-order valence-electron chi connectivity index (χ2n) is 8.93. The summed E-state index contributed by atoms with van der Waals surface area (Å²) in [6.07, 6.45) is -1.13. The average molecular weight is 542 g/mol. The highest BCUT2D eigenvalue weighted by atomic mass is 32.1. The number of aliphatic hydroxyl groups is 1. The number of carbonyl (C=O) groups is 2. The second-order valence-corrected chi connectivity index (χ2v) is 9.81. The minimum absolute atomic E-state index is 0.0780. The Morgan fingerprint density at radius 1 is 1.08 bits per heavy atom. The van der Waals surface area contributed by atoms with Gasteiger partial charge in [-0.15, -0.1) is 11.3 Å². The van der Waals surface area contributed by atoms with E-state index in [1.807, 2.05) is 0 Å². The lowest BCUT2D eigenvalue weighted by molar-refractivity contribution is -0.138. The minimum Gasteiger partial charge on any atom is -0.392 e. The van der Waals surface area contributed by atoms with Gasteiger partial charge in [0.2, 0.25) is 0 Å². The number of nitrogens with zero attached hydrogens (tertiary/aromatic N) is 2. The van der Waals surface area contributed by atoms with Crippen LogP contribution in [0.1, 0.15) is 50.2 Å². The zero-order chi connectivity index (χ0) is 27.0. The largest absolute Gasteiger partial charge is 0.416 e. The fourth-order valence-electron chi connectivity index (χ4n) is 3.88. The molecule has 0 saturated heterocycles. The molecule has 2 aromatic heterocycles. The first kappa shape index (κ1) is 25.6. The summed E-state index contributed by atoms with van der Waals surface area (Å²) >= 11 is 1.36. The van der Waals surface area contributed by atoms with Crippen molar-refractivity contribution in [3.8, 4) is 0 Å². The van der Waals surface area contributed by atoms with Gasteiger partial charge < -0.3 is 21.1 Å². The number of halogens is 3. The summed E-state index contributed by atoms with van der Waals surface area (Å²) in [6, 6.07) is 8.15. The van der Waals surface area contributed by atoms with Crippen molar-refractivity contribution in [2.45, 2.75) is 38.6 Å². The zero-order valence-electron chi connectivity index (χ0n) is 20.0. The van der Waals surface area contributed by atoms with E-state index in [2.05, 4.69) is 25.9 Å². The van der Waals surface area contributed by atoms with Crippen LogP contribution in [0.15, 0.2) is 48.1 Å². The lowest BCUT2D eigenvalue weighted by atomic mass is 10.1. The molecule has 0 unspecified atom stereocenters. The number of rotatable bonds is 7. The maximum absolute atomic E-state index is 13.3. The monoisotopic (exact) mass is 541 g/mol. The molecule has 196 valence electrons. The Labute approximate surface area is 218 Å². The van der Waals surface area contributed by atoms with Gasteiger partial charge in [0, 0.05) is 28.4 Å². The SMILES string of the molecule is Cc1ccc(C(=O)Nc2ccc(CO)c(C(F)(F)F)c2)cc1NC(=O)c1csc2c(NC3CC3)ncnc12. The molecule has 0 bridgehead atoms. The van der Waals surface area contributed by atoms with Crippen LogP contribution in [0.25, 0.3) is 10.2 Å². The van der Waals surface area contributed by atoms with Crippen molar-refractivity contribution >= 4 is 50.6 Å². The number of hydrogen-bond donors (Lipinski definition) is 4. The van der Waals surface area contributed by atoms with Gasteiger partial charge in [-0.1, -0.05) is 12.1 Å². The van der Waals surface area contributed by atoms with E-state index in [9.17, 15) is 27.9 Å². The van der Waals surface area contributed by atoms with Gasteiger partial charge in [0.25, 0.3) is 11.8 Å². The number of hydrogen-bond acceptors (Lipinski definition) is 7. The molecule has 0 atom stereocenters. The van der Waals surface area contributed by atoms with Gasteiger partial charge in [-0.3, -0.25) is 9.59 Å². The number of aryl methyl sites for hydroxylation is 1. The Bertz CT molecular complexity index is 1550. The van der Waals surface area contributed by atoms with Gasteiger partial charge in [-0.25, -0.2) is 9.97 Å². The molecular formula is C26H22F3N5O3S. The van der Waals surface area contributed by atoms with E-state index in [1.54, 1.807) is 18.4 Å². The van der Waals surface area contributed by atoms with E-state index >= 15 is 0 Å². The molecule has 1 aliphatic carbocycles. The lowest BCUT2D eigenvalue weighted by Crippen LogP contribution is -2.16. The van der Waals surface area contributed by atoms with Crippen molar-refractivity contribution in [1.29, 1.82) is 0 Å². The molecule has 12 heteroatoms. The van der Waals surface area contributed by atoms with Gasteiger partial charge in [0.05, 0.1) is 28.0 Å². The summed E-state index contributed by atoms with van der Waals surface area (Å²) in [5.74, 6) is -0.380. The van der Waals surface area contributed by atoms with Crippen molar-refractivity contribution in [1.82, 2.24) is 9.97 Å². The third-order valence-electron chi connectivity index (χ3n) is 6.11. The van der Waals surface area contributed by atoms with Gasteiger partial charge in [0.15, 0.2) is 0 Å². The maximum Gasteiger partial charge on any atom is 0.416 e. The summed E-state index contributed by atoms with van der Waals surface area (Å²) in [7, 11) is 0. The number of carbonyl (C=O) groups excluding carboxylic acids is 2. The van der Waals surface area contributed by atoms with Crippen molar-refractivity contribution in [3.63, 3.8) is 0 Å². The van der Waals surface area contributed by atoms with E-state index in [-0.39, 0.29) is 16.8 Å². The summed E-state index contributed by atoms with van der Waals surface area (Å²) in [5.41, 5.74) is 0.679. The predicted octanol–water partition coefficient (Wildman–Crippen LogP) is 5.59. The van der Waals surface area contributed by atoms with Gasteiger partial charge in [-0.2, -0.15) is 13.2 Å². The summed E-state index contributed by atoms with van der Waals surface area (Å²) in [6.45, 7) is 0.972. The van der Waals surface area contributed by atoms with Crippen LogP contribution in [0.4, 0.5) is 30.4 Å². The van der Waals surface area contributed by atoms with E-state index in [0.717, 1.165) is 29.7 Å². The molecule has 1 fully saturated rings. The Hall–Kier alpha value is -4.03. The van der Waals surface area contributed by atoms with Crippen LogP contribution in [0.3, 0.4) is 0 Å². The Morgan fingerprint density at radius 3 is 2.58 bits per heavy atom. The molecule has 1 saturated carbocycles. The Balaban J connectivity index is 1.35. The van der Waals surface area contributed by atoms with Crippen LogP contribution >= 0.6 is 11.3 Å². The van der Waals surface area contributed by atoms with Crippen molar-refractivity contribution in [2.75, 3.05) is 16.0 Å². The molecule has 38 heavy (non-hydrogen) atoms. The van der Waals surface area contributed by atoms with Crippen molar-refractivity contribution < 1.29 is 27.9 Å². The summed E-state index contributed by atoms with van der Waals surface area (Å²) in [4.78, 5) is 34.5. The fraction of sp³-hybridized carbons (Fsp3) is 0.231. The number of anilines is 3. The Kier molecular flexibility index (Phi) is 6.76. The fourth-order valence-corrected chi connectivity index (χ4v) is 4.83. The zero-order valence-corrected chi connectivity index (χ0v) is 20.8. The highest BCUT2D eigenvalue weighted by Crippen LogP contribution is 2.35. The molecule has 0 spiro atoms. The maximum atomic E-state index is 13.3. The number of alkyl halides is 3. The van der Waals surface area contributed by atoms with Gasteiger partial charge in [-0.05, 0) is 55.2 Å². The molecular weight excluding hydrogens is 519 g/mol. The summed E-state index contributed by atoms with van der Waals surface area (Å²) in [5, 5.41) is 19.5. The smallest absolute Gasteiger partial charge is 0.392 e. The van der Waals surface area contributed by atoms with E-state index < -0.39 is 30.2 Å². The number of nitrogens with one attached hydrogen (secondary N) is 3. The van der Waals surface area contributed by atoms with Crippen molar-refractivity contribution in [2.24, 2.45) is 0 Å².